The maximum absolute atomic E-state index is 12.1. The molecule has 2 aliphatic rings. The lowest BCUT2D eigenvalue weighted by atomic mass is 9.83. The molecule has 2 heterocycles. The third kappa shape index (κ3) is 2.42. The molecule has 2 N–H and O–H groups in total. The second-order valence-electron chi connectivity index (χ2n) is 5.61. The van der Waals surface area contributed by atoms with Crippen molar-refractivity contribution in [2.75, 3.05) is 5.75 Å². The van der Waals surface area contributed by atoms with E-state index in [1.54, 1.807) is 18.7 Å². The molecule has 2 aliphatic heterocycles. The van der Waals surface area contributed by atoms with Crippen molar-refractivity contribution in [3.63, 3.8) is 0 Å². The number of thioether (sulfide) groups is 1. The van der Waals surface area contributed by atoms with Crippen molar-refractivity contribution in [1.29, 1.82) is 0 Å². The van der Waals surface area contributed by atoms with Crippen LogP contribution < -0.4 is 0 Å². The highest BCUT2D eigenvalue weighted by atomic mass is 32.2. The summed E-state index contributed by atoms with van der Waals surface area (Å²) in [5, 5.41) is 19.1. The number of hydrogen-bond donors (Lipinski definition) is 2. The first-order valence-electron chi connectivity index (χ1n) is 7.15. The van der Waals surface area contributed by atoms with Crippen LogP contribution in [0, 0.1) is 5.92 Å². The number of amides is 1. The number of carboxylic acid groups (broad SMARTS) is 1. The van der Waals surface area contributed by atoms with Crippen LogP contribution in [0.1, 0.15) is 13.3 Å². The van der Waals surface area contributed by atoms with Gasteiger partial charge in [-0.2, -0.15) is 0 Å². The van der Waals surface area contributed by atoms with E-state index in [1.807, 2.05) is 30.3 Å². The molecule has 3 rings (SSSR count). The van der Waals surface area contributed by atoms with Crippen molar-refractivity contribution < 1.29 is 19.8 Å². The molecule has 22 heavy (non-hydrogen) atoms. The van der Waals surface area contributed by atoms with E-state index in [1.165, 1.54) is 4.90 Å². The summed E-state index contributed by atoms with van der Waals surface area (Å²) in [6, 6.07) is 9.54. The topological polar surface area (TPSA) is 77.8 Å². The lowest BCUT2D eigenvalue weighted by Gasteiger charge is -2.44. The fourth-order valence-electron chi connectivity index (χ4n) is 3.18. The van der Waals surface area contributed by atoms with E-state index in [4.69, 9.17) is 0 Å². The van der Waals surface area contributed by atoms with E-state index in [0.29, 0.717) is 12.2 Å². The van der Waals surface area contributed by atoms with Crippen LogP contribution >= 0.6 is 11.8 Å². The van der Waals surface area contributed by atoms with Gasteiger partial charge in [0.2, 0.25) is 5.91 Å². The molecule has 0 bridgehead atoms. The second-order valence-corrected chi connectivity index (χ2v) is 6.65. The molecule has 5 nitrogen and oxygen atoms in total. The molecule has 1 amide bonds. The Morgan fingerprint density at radius 1 is 1.41 bits per heavy atom. The molecule has 3 atom stereocenters. The van der Waals surface area contributed by atoms with Gasteiger partial charge in [-0.3, -0.25) is 4.79 Å². The molecule has 1 saturated heterocycles. The smallest absolute Gasteiger partial charge is 0.352 e. The van der Waals surface area contributed by atoms with E-state index in [9.17, 15) is 19.8 Å². The second kappa shape index (κ2) is 5.78. The Hall–Kier alpha value is -1.79. The highest BCUT2D eigenvalue weighted by molar-refractivity contribution is 7.99. The minimum absolute atomic E-state index is 0.107. The van der Waals surface area contributed by atoms with Gasteiger partial charge in [0.05, 0.1) is 18.1 Å². The van der Waals surface area contributed by atoms with Gasteiger partial charge in [0, 0.05) is 10.6 Å². The van der Waals surface area contributed by atoms with Crippen molar-refractivity contribution in [1.82, 2.24) is 4.90 Å². The maximum Gasteiger partial charge on any atom is 0.352 e. The Morgan fingerprint density at radius 3 is 2.68 bits per heavy atom. The zero-order valence-corrected chi connectivity index (χ0v) is 12.9. The largest absolute Gasteiger partial charge is 0.477 e. The summed E-state index contributed by atoms with van der Waals surface area (Å²) in [6.45, 7) is 1.58. The zero-order chi connectivity index (χ0) is 15.9. The summed E-state index contributed by atoms with van der Waals surface area (Å²) in [5.74, 6) is -1.28. The van der Waals surface area contributed by atoms with Crippen molar-refractivity contribution in [3.05, 3.63) is 41.6 Å². The molecule has 116 valence electrons. The van der Waals surface area contributed by atoms with Gasteiger partial charge in [0.15, 0.2) is 0 Å². The van der Waals surface area contributed by atoms with Gasteiger partial charge >= 0.3 is 5.97 Å². The van der Waals surface area contributed by atoms with Crippen molar-refractivity contribution in [2.24, 2.45) is 5.92 Å². The van der Waals surface area contributed by atoms with E-state index in [2.05, 4.69) is 0 Å². The number of nitrogens with zero attached hydrogens (tertiary/aromatic N) is 1. The summed E-state index contributed by atoms with van der Waals surface area (Å²) in [7, 11) is 0. The molecule has 0 aromatic heterocycles. The van der Waals surface area contributed by atoms with Crippen LogP contribution in [-0.2, 0) is 9.59 Å². The molecular weight excluding hydrogens is 302 g/mol. The van der Waals surface area contributed by atoms with Crippen LogP contribution in [0.25, 0.3) is 0 Å². The lowest BCUT2D eigenvalue weighted by Crippen LogP contribution is -2.61. The normalized spacial score (nSPS) is 25.0. The highest BCUT2D eigenvalue weighted by Crippen LogP contribution is 2.44. The van der Waals surface area contributed by atoms with Crippen LogP contribution in [0.2, 0.25) is 0 Å². The number of aliphatic carboxylic acids is 1. The number of β-lactam (4-membered cyclic amide) rings is 1. The first kappa shape index (κ1) is 15.1. The monoisotopic (exact) mass is 319 g/mol. The molecular formula is C16H17NO4S. The Labute approximate surface area is 132 Å². The Bertz CT molecular complexity index is 641. The van der Waals surface area contributed by atoms with Crippen LogP contribution in [0.3, 0.4) is 0 Å². The van der Waals surface area contributed by atoms with Gasteiger partial charge in [-0.25, -0.2) is 4.79 Å². The highest BCUT2D eigenvalue weighted by Gasteiger charge is 2.56. The van der Waals surface area contributed by atoms with Crippen LogP contribution in [0.15, 0.2) is 46.5 Å². The number of hydrogen-bond acceptors (Lipinski definition) is 4. The van der Waals surface area contributed by atoms with E-state index in [0.717, 1.165) is 10.5 Å². The number of rotatable bonds is 5. The zero-order valence-electron chi connectivity index (χ0n) is 12.1. The van der Waals surface area contributed by atoms with Crippen LogP contribution in [-0.4, -0.2) is 44.9 Å². The van der Waals surface area contributed by atoms with E-state index < -0.39 is 18.0 Å². The SMILES string of the molecule is C[C@@H](O)[C@H]1C(=O)N2C(C(=O)O)=C(CSc3ccccc3)C[C@H]12. The van der Waals surface area contributed by atoms with Gasteiger partial charge in [-0.1, -0.05) is 18.2 Å². The number of carboxylic acids is 1. The number of carbonyl (C=O) groups is 2. The molecule has 0 radical (unpaired) electrons. The van der Waals surface area contributed by atoms with E-state index >= 15 is 0 Å². The quantitative estimate of drug-likeness (QED) is 0.638. The molecule has 6 heteroatoms. The summed E-state index contributed by atoms with van der Waals surface area (Å²) < 4.78 is 0. The van der Waals surface area contributed by atoms with Crippen molar-refractivity contribution >= 4 is 23.6 Å². The third-order valence-corrected chi connectivity index (χ3v) is 5.28. The molecule has 1 aromatic carbocycles. The fourth-order valence-corrected chi connectivity index (χ4v) is 4.12. The molecule has 1 fully saturated rings. The number of fused-ring (bicyclic) bond motifs is 1. The van der Waals surface area contributed by atoms with Gasteiger partial charge in [0.1, 0.15) is 5.70 Å². The first-order valence-corrected chi connectivity index (χ1v) is 8.13. The number of aliphatic hydroxyl groups excluding tert-OH is 1. The number of aliphatic hydroxyl groups is 1. The van der Waals surface area contributed by atoms with Crippen molar-refractivity contribution in [3.8, 4) is 0 Å². The summed E-state index contributed by atoms with van der Waals surface area (Å²) >= 11 is 1.56. The fraction of sp³-hybridized carbons (Fsp3) is 0.375. The lowest BCUT2D eigenvalue weighted by molar-refractivity contribution is -0.161. The summed E-state index contributed by atoms with van der Waals surface area (Å²) in [4.78, 5) is 26.0. The van der Waals surface area contributed by atoms with E-state index in [-0.39, 0.29) is 17.6 Å². The molecule has 0 unspecified atom stereocenters. The minimum Gasteiger partial charge on any atom is -0.477 e. The van der Waals surface area contributed by atoms with Gasteiger partial charge in [-0.15, -0.1) is 11.8 Å². The third-order valence-electron chi connectivity index (χ3n) is 4.18. The Morgan fingerprint density at radius 2 is 2.09 bits per heavy atom. The van der Waals surface area contributed by atoms with Crippen molar-refractivity contribution in [2.45, 2.75) is 30.4 Å². The Balaban J connectivity index is 1.78. The predicted molar refractivity (Wildman–Crippen MR) is 82.2 cm³/mol. The Kier molecular flexibility index (Phi) is 3.97. The van der Waals surface area contributed by atoms with Crippen LogP contribution in [0.5, 0.6) is 0 Å². The van der Waals surface area contributed by atoms with Gasteiger partial charge in [0.25, 0.3) is 0 Å². The average Bonchev–Trinajstić information content (AvgIpc) is 2.80. The number of carbonyl (C=O) groups excluding carboxylic acids is 1. The maximum atomic E-state index is 12.1. The molecule has 0 saturated carbocycles. The van der Waals surface area contributed by atoms with Gasteiger partial charge in [-0.05, 0) is 31.1 Å². The first-order chi connectivity index (χ1) is 10.5. The number of benzene rings is 1. The minimum atomic E-state index is -1.07. The summed E-state index contributed by atoms with van der Waals surface area (Å²) in [6.07, 6.45) is -0.215. The predicted octanol–water partition coefficient (Wildman–Crippen LogP) is 1.73. The molecule has 0 aliphatic carbocycles. The van der Waals surface area contributed by atoms with Gasteiger partial charge < -0.3 is 15.1 Å². The standard InChI is InChI=1S/C16H17NO4S/c1-9(18)13-12-7-10(8-22-11-5-3-2-4-6-11)14(16(20)21)17(12)15(13)19/h2-6,9,12-13,18H,7-8H2,1H3,(H,20,21)/t9-,12-,13-/m1/s1. The molecule has 0 spiro atoms. The molecule has 1 aromatic rings. The average molecular weight is 319 g/mol. The van der Waals surface area contributed by atoms with Crippen LogP contribution in [0.4, 0.5) is 0 Å². The summed E-state index contributed by atoms with van der Waals surface area (Å²) in [5.41, 5.74) is 0.873.